The topological polar surface area (TPSA) is 113 Å². The summed E-state index contributed by atoms with van der Waals surface area (Å²) < 4.78 is 15.1. The molecule has 0 saturated carbocycles. The van der Waals surface area contributed by atoms with Crippen molar-refractivity contribution in [3.05, 3.63) is 55.1 Å². The number of nitrogens with zero attached hydrogens (tertiary/aromatic N) is 3. The van der Waals surface area contributed by atoms with Crippen LogP contribution in [0.1, 0.15) is 25.7 Å². The van der Waals surface area contributed by atoms with Crippen LogP contribution >= 0.6 is 0 Å². The van der Waals surface area contributed by atoms with E-state index in [1.54, 1.807) is 12.1 Å². The summed E-state index contributed by atoms with van der Waals surface area (Å²) in [5.41, 5.74) is 1.62. The van der Waals surface area contributed by atoms with Gasteiger partial charge in [-0.3, -0.25) is 0 Å². The third-order valence-electron chi connectivity index (χ3n) is 4.32. The normalized spacial score (nSPS) is 10.6. The van der Waals surface area contributed by atoms with Crippen LogP contribution < -0.4 is 4.74 Å². The molecule has 0 bridgehead atoms. The summed E-state index contributed by atoms with van der Waals surface area (Å²) in [6.45, 7) is 3.88. The van der Waals surface area contributed by atoms with Crippen LogP contribution in [0.15, 0.2) is 55.1 Å². The minimum atomic E-state index is -0.838. The molecule has 0 unspecified atom stereocenters. The molecule has 0 fully saturated rings. The second-order valence-corrected chi connectivity index (χ2v) is 6.62. The van der Waals surface area contributed by atoms with Crippen LogP contribution in [0, 0.1) is 0 Å². The number of aromatic nitrogens is 3. The zero-order valence-corrected chi connectivity index (χ0v) is 16.9. The number of ether oxygens (including phenoxy) is 3. The maximum atomic E-state index is 11.9. The van der Waals surface area contributed by atoms with Gasteiger partial charge in [-0.1, -0.05) is 18.7 Å². The molecule has 2 aromatic carbocycles. The van der Waals surface area contributed by atoms with Gasteiger partial charge in [-0.25, -0.2) is 9.59 Å². The van der Waals surface area contributed by atoms with Crippen LogP contribution in [0.25, 0.3) is 16.7 Å². The molecule has 3 rings (SSSR count). The Balaban J connectivity index is 1.45. The lowest BCUT2D eigenvalue weighted by Gasteiger charge is -2.08. The molecule has 0 aliphatic rings. The molecule has 0 spiro atoms. The molecule has 0 radical (unpaired) electrons. The average Bonchev–Trinajstić information content (AvgIpc) is 3.20. The molecule has 3 aromatic rings. The number of aromatic hydroxyl groups is 1. The molecule has 9 nitrogen and oxygen atoms in total. The van der Waals surface area contributed by atoms with E-state index in [0.717, 1.165) is 25.3 Å². The van der Waals surface area contributed by atoms with E-state index in [1.807, 2.05) is 12.1 Å². The highest BCUT2D eigenvalue weighted by Gasteiger charge is 2.13. The molecule has 1 heterocycles. The quantitative estimate of drug-likeness (QED) is 0.225. The predicted octanol–water partition coefficient (Wildman–Crippen LogP) is 3.93. The fourth-order valence-corrected chi connectivity index (χ4v) is 2.76. The van der Waals surface area contributed by atoms with Gasteiger partial charge >= 0.3 is 12.1 Å². The van der Waals surface area contributed by atoms with Gasteiger partial charge in [0.15, 0.2) is 0 Å². The van der Waals surface area contributed by atoms with Crippen molar-refractivity contribution in [2.24, 2.45) is 0 Å². The monoisotopic (exact) mass is 425 g/mol. The van der Waals surface area contributed by atoms with Crippen LogP contribution in [0.4, 0.5) is 4.79 Å². The summed E-state index contributed by atoms with van der Waals surface area (Å²) in [4.78, 5) is 24.1. The number of rotatable bonds is 10. The van der Waals surface area contributed by atoms with Gasteiger partial charge < -0.3 is 19.3 Å². The second-order valence-electron chi connectivity index (χ2n) is 6.62. The lowest BCUT2D eigenvalue weighted by atomic mass is 10.2. The minimum absolute atomic E-state index is 0.0557. The highest BCUT2D eigenvalue weighted by molar-refractivity contribution is 5.81. The smallest absolute Gasteiger partial charge is 0.506 e. The number of carbonyl (C=O) groups is 2. The van der Waals surface area contributed by atoms with E-state index in [1.165, 1.54) is 23.0 Å². The molecule has 0 amide bonds. The maximum Gasteiger partial charge on any atom is 0.513 e. The van der Waals surface area contributed by atoms with E-state index >= 15 is 0 Å². The molecular formula is C22H23N3O6. The van der Waals surface area contributed by atoms with Crippen molar-refractivity contribution in [2.75, 3.05) is 13.2 Å². The van der Waals surface area contributed by atoms with Gasteiger partial charge in [0.25, 0.3) is 0 Å². The Morgan fingerprint density at radius 2 is 1.61 bits per heavy atom. The first kappa shape index (κ1) is 21.8. The molecule has 0 aliphatic heterocycles. The molecule has 31 heavy (non-hydrogen) atoms. The van der Waals surface area contributed by atoms with Crippen molar-refractivity contribution in [3.63, 3.8) is 0 Å². The van der Waals surface area contributed by atoms with E-state index in [9.17, 15) is 14.7 Å². The van der Waals surface area contributed by atoms with Crippen molar-refractivity contribution in [3.8, 4) is 17.2 Å². The van der Waals surface area contributed by atoms with Crippen molar-refractivity contribution in [1.82, 2.24) is 15.0 Å². The summed E-state index contributed by atoms with van der Waals surface area (Å²) in [5, 5.41) is 18.8. The van der Waals surface area contributed by atoms with Gasteiger partial charge in [0, 0.05) is 12.1 Å². The van der Waals surface area contributed by atoms with Crippen molar-refractivity contribution in [1.29, 1.82) is 0 Å². The molecule has 162 valence electrons. The summed E-state index contributed by atoms with van der Waals surface area (Å²) in [5.74, 6) is -0.289. The van der Waals surface area contributed by atoms with Crippen LogP contribution in [0.3, 0.4) is 0 Å². The zero-order valence-electron chi connectivity index (χ0n) is 16.9. The van der Waals surface area contributed by atoms with Gasteiger partial charge in [-0.15, -0.1) is 15.0 Å². The Hall–Kier alpha value is -3.88. The first-order valence-corrected chi connectivity index (χ1v) is 9.86. The number of hydrogen-bond donors (Lipinski definition) is 1. The summed E-state index contributed by atoms with van der Waals surface area (Å²) in [6.07, 6.45) is 3.35. The number of phenolic OH excluding ortho intramolecular Hbond substituents is 1. The number of benzene rings is 2. The van der Waals surface area contributed by atoms with Gasteiger partial charge in [0.2, 0.25) is 0 Å². The standard InChI is InChI=1S/C22H23N3O6/c1-2-21(27)29-13-7-3-4-8-14-30-22(28)31-16-11-12-20(26)19(15-16)25-23-17-9-5-6-10-18(17)24-25/h2,5-6,9-12,15,26H,1,3-4,7-8,13-14H2. The molecule has 9 heteroatoms. The van der Waals surface area contributed by atoms with E-state index < -0.39 is 12.1 Å². The summed E-state index contributed by atoms with van der Waals surface area (Å²) >= 11 is 0. The van der Waals surface area contributed by atoms with Crippen LogP contribution in [-0.4, -0.2) is 45.4 Å². The number of hydrogen-bond acceptors (Lipinski definition) is 8. The highest BCUT2D eigenvalue weighted by atomic mass is 16.7. The Kier molecular flexibility index (Phi) is 7.58. The fraction of sp³-hybridized carbons (Fsp3) is 0.273. The Bertz CT molecular complexity index is 1030. The Morgan fingerprint density at radius 3 is 2.26 bits per heavy atom. The van der Waals surface area contributed by atoms with E-state index in [-0.39, 0.29) is 23.8 Å². The van der Waals surface area contributed by atoms with Gasteiger partial charge in [-0.05, 0) is 49.9 Å². The van der Waals surface area contributed by atoms with Gasteiger partial charge in [0.05, 0.1) is 13.2 Å². The molecule has 0 atom stereocenters. The second kappa shape index (κ2) is 10.8. The third-order valence-corrected chi connectivity index (χ3v) is 4.32. The minimum Gasteiger partial charge on any atom is -0.506 e. The highest BCUT2D eigenvalue weighted by Crippen LogP contribution is 2.26. The molecule has 1 aromatic heterocycles. The Labute approximate surface area is 178 Å². The van der Waals surface area contributed by atoms with Gasteiger partial charge in [-0.2, -0.15) is 0 Å². The fourth-order valence-electron chi connectivity index (χ4n) is 2.76. The lowest BCUT2D eigenvalue weighted by molar-refractivity contribution is -0.137. The molecule has 1 N–H and O–H groups in total. The molecular weight excluding hydrogens is 402 g/mol. The number of carbonyl (C=O) groups excluding carboxylic acids is 2. The number of fused-ring (bicyclic) bond motifs is 1. The largest absolute Gasteiger partial charge is 0.513 e. The number of esters is 1. The van der Waals surface area contributed by atoms with Crippen LogP contribution in [0.5, 0.6) is 11.5 Å². The van der Waals surface area contributed by atoms with Crippen LogP contribution in [-0.2, 0) is 14.3 Å². The number of phenols is 1. The first-order chi connectivity index (χ1) is 15.1. The lowest BCUT2D eigenvalue weighted by Crippen LogP contribution is -2.12. The number of unbranched alkanes of at least 4 members (excludes halogenated alkanes) is 3. The van der Waals surface area contributed by atoms with E-state index in [2.05, 4.69) is 16.8 Å². The molecule has 0 aliphatic carbocycles. The van der Waals surface area contributed by atoms with Crippen molar-refractivity contribution < 1.29 is 28.9 Å². The van der Waals surface area contributed by atoms with E-state index in [4.69, 9.17) is 14.2 Å². The van der Waals surface area contributed by atoms with Crippen LogP contribution in [0.2, 0.25) is 0 Å². The zero-order chi connectivity index (χ0) is 22.1. The van der Waals surface area contributed by atoms with Crippen molar-refractivity contribution >= 4 is 23.2 Å². The van der Waals surface area contributed by atoms with E-state index in [0.29, 0.717) is 24.1 Å². The Morgan fingerprint density at radius 1 is 0.968 bits per heavy atom. The average molecular weight is 425 g/mol. The summed E-state index contributed by atoms with van der Waals surface area (Å²) in [7, 11) is 0. The van der Waals surface area contributed by atoms with Crippen molar-refractivity contribution in [2.45, 2.75) is 25.7 Å². The van der Waals surface area contributed by atoms with Gasteiger partial charge in [0.1, 0.15) is 28.2 Å². The maximum absolute atomic E-state index is 11.9. The third kappa shape index (κ3) is 6.30. The summed E-state index contributed by atoms with van der Waals surface area (Å²) in [6, 6.07) is 11.6. The SMILES string of the molecule is C=CC(=O)OCCCCCCOC(=O)Oc1ccc(O)c(-n2nc3ccccc3n2)c1. The molecule has 0 saturated heterocycles. The first-order valence-electron chi connectivity index (χ1n) is 9.86. The predicted molar refractivity (Wildman–Crippen MR) is 112 cm³/mol.